The van der Waals surface area contributed by atoms with E-state index in [1.165, 1.54) is 64.8 Å². The first kappa shape index (κ1) is 16.0. The minimum atomic E-state index is 0.499. The fraction of sp³-hybridized carbons (Fsp3) is 1.00. The van der Waals surface area contributed by atoms with E-state index in [9.17, 15) is 0 Å². The summed E-state index contributed by atoms with van der Waals surface area (Å²) < 4.78 is 0. The highest BCUT2D eigenvalue weighted by Gasteiger charge is 2.26. The largest absolute Gasteiger partial charge is 0.317 e. The number of likely N-dealkylation sites (tertiary alicyclic amines) is 1. The van der Waals surface area contributed by atoms with Crippen molar-refractivity contribution in [2.24, 2.45) is 11.3 Å². The van der Waals surface area contributed by atoms with Crippen molar-refractivity contribution in [3.63, 3.8) is 0 Å². The molecule has 0 aromatic rings. The Hall–Kier alpha value is -0.0800. The third-order valence-corrected chi connectivity index (χ3v) is 4.30. The molecule has 0 aliphatic carbocycles. The molecule has 0 amide bonds. The number of rotatable bonds is 6. The van der Waals surface area contributed by atoms with Crippen molar-refractivity contribution in [2.75, 3.05) is 32.7 Å². The van der Waals surface area contributed by atoms with Gasteiger partial charge in [0, 0.05) is 0 Å². The Kier molecular flexibility index (Phi) is 7.25. The third-order valence-electron chi connectivity index (χ3n) is 4.30. The van der Waals surface area contributed by atoms with Crippen molar-refractivity contribution in [3.8, 4) is 0 Å². The first-order chi connectivity index (χ1) is 8.54. The lowest BCUT2D eigenvalue weighted by atomic mass is 9.77. The predicted molar refractivity (Wildman–Crippen MR) is 81.0 cm³/mol. The summed E-state index contributed by atoms with van der Waals surface area (Å²) in [6.07, 6.45) is 6.77. The van der Waals surface area contributed by atoms with Gasteiger partial charge in [-0.15, -0.1) is 0 Å². The standard InChI is InChI=1S/C16H34N2/c1-5-10-17-11-7-13-18-12-6-8-15(9-14-18)16(2,3)4/h15,17H,5-14H2,1-4H3. The van der Waals surface area contributed by atoms with Crippen LogP contribution in [0.4, 0.5) is 0 Å². The van der Waals surface area contributed by atoms with Gasteiger partial charge in [0.2, 0.25) is 0 Å². The second-order valence-electron chi connectivity index (χ2n) is 6.94. The molecule has 0 spiro atoms. The summed E-state index contributed by atoms with van der Waals surface area (Å²) >= 11 is 0. The van der Waals surface area contributed by atoms with E-state index in [-0.39, 0.29) is 0 Å². The van der Waals surface area contributed by atoms with E-state index in [1.54, 1.807) is 0 Å². The summed E-state index contributed by atoms with van der Waals surface area (Å²) in [6, 6.07) is 0. The lowest BCUT2D eigenvalue weighted by Gasteiger charge is -2.29. The molecule has 1 N–H and O–H groups in total. The van der Waals surface area contributed by atoms with E-state index < -0.39 is 0 Å². The molecule has 1 heterocycles. The van der Waals surface area contributed by atoms with Crippen LogP contribution in [0.1, 0.15) is 59.8 Å². The Morgan fingerprint density at radius 3 is 2.56 bits per heavy atom. The SMILES string of the molecule is CCCNCCCN1CCCC(C(C)(C)C)CC1. The molecule has 1 aliphatic rings. The smallest absolute Gasteiger partial charge is 0.000664 e. The van der Waals surface area contributed by atoms with Crippen molar-refractivity contribution < 1.29 is 0 Å². The maximum Gasteiger partial charge on any atom is -0.000664 e. The Morgan fingerprint density at radius 1 is 1.11 bits per heavy atom. The van der Waals surface area contributed by atoms with Gasteiger partial charge < -0.3 is 10.2 Å². The number of hydrogen-bond donors (Lipinski definition) is 1. The van der Waals surface area contributed by atoms with Crippen LogP contribution < -0.4 is 5.32 Å². The summed E-state index contributed by atoms with van der Waals surface area (Å²) in [6.45, 7) is 15.7. The lowest BCUT2D eigenvalue weighted by molar-refractivity contribution is 0.207. The predicted octanol–water partition coefficient (Wildman–Crippen LogP) is 3.52. The molecule has 1 fully saturated rings. The molecule has 108 valence electrons. The van der Waals surface area contributed by atoms with Crippen LogP contribution in [-0.4, -0.2) is 37.6 Å². The van der Waals surface area contributed by atoms with Crippen LogP contribution in [0, 0.1) is 11.3 Å². The Bertz CT molecular complexity index is 208. The van der Waals surface area contributed by atoms with Crippen molar-refractivity contribution in [1.29, 1.82) is 0 Å². The van der Waals surface area contributed by atoms with Gasteiger partial charge in [0.1, 0.15) is 0 Å². The van der Waals surface area contributed by atoms with Gasteiger partial charge in [0.15, 0.2) is 0 Å². The molecule has 0 radical (unpaired) electrons. The van der Waals surface area contributed by atoms with Crippen molar-refractivity contribution in [2.45, 2.75) is 59.8 Å². The zero-order valence-electron chi connectivity index (χ0n) is 13.1. The van der Waals surface area contributed by atoms with Gasteiger partial charge in [-0.05, 0) is 76.2 Å². The highest BCUT2D eigenvalue weighted by molar-refractivity contribution is 4.78. The molecule has 0 saturated carbocycles. The van der Waals surface area contributed by atoms with Crippen molar-refractivity contribution in [3.05, 3.63) is 0 Å². The summed E-state index contributed by atoms with van der Waals surface area (Å²) in [5, 5.41) is 3.50. The van der Waals surface area contributed by atoms with Gasteiger partial charge in [0.25, 0.3) is 0 Å². The quantitative estimate of drug-likeness (QED) is 0.730. The molecule has 1 saturated heterocycles. The fourth-order valence-electron chi connectivity index (χ4n) is 2.97. The Balaban J connectivity index is 2.17. The molecule has 1 unspecified atom stereocenters. The zero-order chi connectivity index (χ0) is 13.4. The van der Waals surface area contributed by atoms with Gasteiger partial charge in [0.05, 0.1) is 0 Å². The molecule has 18 heavy (non-hydrogen) atoms. The maximum atomic E-state index is 3.50. The summed E-state index contributed by atoms with van der Waals surface area (Å²) in [5.74, 6) is 0.917. The van der Waals surface area contributed by atoms with E-state index in [2.05, 4.69) is 37.9 Å². The highest BCUT2D eigenvalue weighted by Crippen LogP contribution is 2.34. The minimum Gasteiger partial charge on any atom is -0.317 e. The van der Waals surface area contributed by atoms with Gasteiger partial charge in [-0.25, -0.2) is 0 Å². The Morgan fingerprint density at radius 2 is 1.89 bits per heavy atom. The second-order valence-corrected chi connectivity index (χ2v) is 6.94. The van der Waals surface area contributed by atoms with Crippen LogP contribution in [0.25, 0.3) is 0 Å². The van der Waals surface area contributed by atoms with Crippen LogP contribution in [0.15, 0.2) is 0 Å². The molecular weight excluding hydrogens is 220 g/mol. The summed E-state index contributed by atoms with van der Waals surface area (Å²) in [5.41, 5.74) is 0.499. The van der Waals surface area contributed by atoms with E-state index in [0.717, 1.165) is 5.92 Å². The number of hydrogen-bond acceptors (Lipinski definition) is 2. The van der Waals surface area contributed by atoms with Crippen LogP contribution in [0.3, 0.4) is 0 Å². The Labute approximate surface area is 115 Å². The van der Waals surface area contributed by atoms with E-state index in [4.69, 9.17) is 0 Å². The monoisotopic (exact) mass is 254 g/mol. The molecule has 0 bridgehead atoms. The molecule has 0 aromatic heterocycles. The minimum absolute atomic E-state index is 0.499. The van der Waals surface area contributed by atoms with Gasteiger partial charge in [-0.2, -0.15) is 0 Å². The van der Waals surface area contributed by atoms with Gasteiger partial charge in [-0.1, -0.05) is 27.7 Å². The third kappa shape index (κ3) is 6.19. The molecule has 1 aliphatic heterocycles. The second kappa shape index (κ2) is 8.16. The van der Waals surface area contributed by atoms with E-state index in [1.807, 2.05) is 0 Å². The molecule has 1 rings (SSSR count). The molecule has 1 atom stereocenters. The number of nitrogens with one attached hydrogen (secondary N) is 1. The van der Waals surface area contributed by atoms with Gasteiger partial charge in [-0.3, -0.25) is 0 Å². The summed E-state index contributed by atoms with van der Waals surface area (Å²) in [7, 11) is 0. The van der Waals surface area contributed by atoms with Crippen LogP contribution in [0.5, 0.6) is 0 Å². The first-order valence-corrected chi connectivity index (χ1v) is 7.97. The average molecular weight is 254 g/mol. The van der Waals surface area contributed by atoms with Crippen LogP contribution in [-0.2, 0) is 0 Å². The zero-order valence-corrected chi connectivity index (χ0v) is 13.1. The average Bonchev–Trinajstić information content (AvgIpc) is 2.53. The fourth-order valence-corrected chi connectivity index (χ4v) is 2.97. The van der Waals surface area contributed by atoms with Gasteiger partial charge >= 0.3 is 0 Å². The van der Waals surface area contributed by atoms with Crippen molar-refractivity contribution in [1.82, 2.24) is 10.2 Å². The van der Waals surface area contributed by atoms with Crippen molar-refractivity contribution >= 4 is 0 Å². The van der Waals surface area contributed by atoms with Crippen LogP contribution in [0.2, 0.25) is 0 Å². The summed E-state index contributed by atoms with van der Waals surface area (Å²) in [4.78, 5) is 2.68. The molecule has 2 heteroatoms. The first-order valence-electron chi connectivity index (χ1n) is 7.97. The molecule has 0 aromatic carbocycles. The van der Waals surface area contributed by atoms with E-state index in [0.29, 0.717) is 5.41 Å². The maximum absolute atomic E-state index is 3.50. The normalized spacial score (nSPS) is 23.0. The van der Waals surface area contributed by atoms with E-state index >= 15 is 0 Å². The topological polar surface area (TPSA) is 15.3 Å². The van der Waals surface area contributed by atoms with Crippen LogP contribution >= 0.6 is 0 Å². The molecule has 2 nitrogen and oxygen atoms in total. The number of nitrogens with zero attached hydrogens (tertiary/aromatic N) is 1. The molecular formula is C16H34N2. The lowest BCUT2D eigenvalue weighted by Crippen LogP contribution is -2.29. The highest BCUT2D eigenvalue weighted by atomic mass is 15.1.